The smallest absolute Gasteiger partial charge is 0.272 e. The van der Waals surface area contributed by atoms with Gasteiger partial charge in [0.25, 0.3) is 6.43 Å². The summed E-state index contributed by atoms with van der Waals surface area (Å²) in [5.41, 5.74) is 5.86. The second-order valence-corrected chi connectivity index (χ2v) is 3.16. The number of alkyl halides is 2. The SMILES string of the molecule is NC(=S)Nc1cccc(OCC(F)F)c1. The summed E-state index contributed by atoms with van der Waals surface area (Å²) >= 11 is 4.63. The summed E-state index contributed by atoms with van der Waals surface area (Å²) in [5, 5.41) is 2.79. The average molecular weight is 232 g/mol. The van der Waals surface area contributed by atoms with E-state index in [1.54, 1.807) is 24.3 Å². The predicted octanol–water partition coefficient (Wildman–Crippen LogP) is 1.99. The molecule has 0 aliphatic rings. The number of hydrogen-bond acceptors (Lipinski definition) is 2. The van der Waals surface area contributed by atoms with Crippen LogP contribution >= 0.6 is 12.2 Å². The van der Waals surface area contributed by atoms with Gasteiger partial charge in [0, 0.05) is 11.8 Å². The minimum Gasteiger partial charge on any atom is -0.488 e. The van der Waals surface area contributed by atoms with Crippen LogP contribution in [0.15, 0.2) is 24.3 Å². The fourth-order valence-corrected chi connectivity index (χ4v) is 1.08. The van der Waals surface area contributed by atoms with Gasteiger partial charge in [0.1, 0.15) is 12.4 Å². The van der Waals surface area contributed by atoms with Gasteiger partial charge in [0.15, 0.2) is 5.11 Å². The molecular formula is C9H10F2N2OS. The van der Waals surface area contributed by atoms with Crippen molar-refractivity contribution in [2.45, 2.75) is 6.43 Å². The van der Waals surface area contributed by atoms with Crippen LogP contribution < -0.4 is 15.8 Å². The van der Waals surface area contributed by atoms with Gasteiger partial charge in [-0.15, -0.1) is 0 Å². The first-order valence-corrected chi connectivity index (χ1v) is 4.56. The first-order chi connectivity index (χ1) is 7.08. The predicted molar refractivity (Wildman–Crippen MR) is 58.3 cm³/mol. The van der Waals surface area contributed by atoms with Gasteiger partial charge in [-0.25, -0.2) is 8.78 Å². The molecule has 3 nitrogen and oxygen atoms in total. The minimum absolute atomic E-state index is 0.112. The van der Waals surface area contributed by atoms with Crippen molar-refractivity contribution in [3.05, 3.63) is 24.3 Å². The summed E-state index contributed by atoms with van der Waals surface area (Å²) in [7, 11) is 0. The number of anilines is 1. The molecule has 82 valence electrons. The van der Waals surface area contributed by atoms with Crippen LogP contribution in [0.4, 0.5) is 14.5 Å². The summed E-state index contributed by atoms with van der Waals surface area (Å²) in [4.78, 5) is 0. The largest absolute Gasteiger partial charge is 0.488 e. The third-order valence-corrected chi connectivity index (χ3v) is 1.58. The molecule has 6 heteroatoms. The maximum atomic E-state index is 11.8. The molecule has 0 aliphatic heterocycles. The topological polar surface area (TPSA) is 47.3 Å². The van der Waals surface area contributed by atoms with Crippen molar-refractivity contribution in [1.29, 1.82) is 0 Å². The first kappa shape index (κ1) is 11.6. The monoisotopic (exact) mass is 232 g/mol. The second-order valence-electron chi connectivity index (χ2n) is 2.72. The van der Waals surface area contributed by atoms with E-state index in [4.69, 9.17) is 10.5 Å². The van der Waals surface area contributed by atoms with Gasteiger partial charge in [0.2, 0.25) is 0 Å². The molecule has 0 bridgehead atoms. The van der Waals surface area contributed by atoms with Gasteiger partial charge in [-0.1, -0.05) is 6.07 Å². The lowest BCUT2D eigenvalue weighted by Gasteiger charge is -2.08. The molecule has 3 N–H and O–H groups in total. The maximum absolute atomic E-state index is 11.8. The molecule has 0 amide bonds. The van der Waals surface area contributed by atoms with Crippen molar-refractivity contribution in [3.63, 3.8) is 0 Å². The van der Waals surface area contributed by atoms with Crippen molar-refractivity contribution in [1.82, 2.24) is 0 Å². The molecule has 0 aliphatic carbocycles. The third kappa shape index (κ3) is 4.55. The zero-order valence-electron chi connectivity index (χ0n) is 7.74. The molecule has 0 fully saturated rings. The molecule has 1 rings (SSSR count). The van der Waals surface area contributed by atoms with Crippen molar-refractivity contribution in [2.24, 2.45) is 5.73 Å². The Kier molecular flexibility index (Phi) is 4.23. The number of thiocarbonyl (C=S) groups is 1. The van der Waals surface area contributed by atoms with E-state index < -0.39 is 13.0 Å². The highest BCUT2D eigenvalue weighted by Gasteiger charge is 2.03. The Morgan fingerprint density at radius 3 is 2.87 bits per heavy atom. The van der Waals surface area contributed by atoms with E-state index in [2.05, 4.69) is 17.5 Å². The highest BCUT2D eigenvalue weighted by molar-refractivity contribution is 7.80. The van der Waals surface area contributed by atoms with Crippen LogP contribution in [-0.2, 0) is 0 Å². The third-order valence-electron chi connectivity index (χ3n) is 1.48. The van der Waals surface area contributed by atoms with Gasteiger partial charge in [-0.05, 0) is 24.4 Å². The van der Waals surface area contributed by atoms with Gasteiger partial charge >= 0.3 is 0 Å². The molecule has 0 heterocycles. The molecule has 0 radical (unpaired) electrons. The Morgan fingerprint density at radius 2 is 2.27 bits per heavy atom. The summed E-state index contributed by atoms with van der Waals surface area (Å²) in [5.74, 6) is 0.344. The van der Waals surface area contributed by atoms with E-state index in [0.717, 1.165) is 0 Å². The first-order valence-electron chi connectivity index (χ1n) is 4.15. The maximum Gasteiger partial charge on any atom is 0.272 e. The van der Waals surface area contributed by atoms with E-state index in [0.29, 0.717) is 11.4 Å². The number of halogens is 2. The number of nitrogens with one attached hydrogen (secondary N) is 1. The van der Waals surface area contributed by atoms with Crippen LogP contribution in [0.25, 0.3) is 0 Å². The summed E-state index contributed by atoms with van der Waals surface area (Å²) < 4.78 is 28.5. The molecule has 0 aromatic heterocycles. The molecule has 1 aromatic carbocycles. The van der Waals surface area contributed by atoms with Crippen LogP contribution in [0.5, 0.6) is 5.75 Å². The Hall–Kier alpha value is -1.43. The number of ether oxygens (including phenoxy) is 1. The number of hydrogen-bond donors (Lipinski definition) is 2. The highest BCUT2D eigenvalue weighted by Crippen LogP contribution is 2.17. The van der Waals surface area contributed by atoms with E-state index in [-0.39, 0.29) is 5.11 Å². The Morgan fingerprint density at radius 1 is 1.53 bits per heavy atom. The van der Waals surface area contributed by atoms with Crippen molar-refractivity contribution in [2.75, 3.05) is 11.9 Å². The lowest BCUT2D eigenvalue weighted by molar-refractivity contribution is 0.0819. The van der Waals surface area contributed by atoms with Gasteiger partial charge in [0.05, 0.1) is 0 Å². The molecule has 0 unspecified atom stereocenters. The zero-order chi connectivity index (χ0) is 11.3. The van der Waals surface area contributed by atoms with E-state index >= 15 is 0 Å². The Balaban J connectivity index is 2.61. The molecule has 0 spiro atoms. The Bertz CT molecular complexity index is 347. The van der Waals surface area contributed by atoms with Crippen molar-refractivity contribution >= 4 is 23.0 Å². The van der Waals surface area contributed by atoms with E-state index in [9.17, 15) is 8.78 Å². The molecule has 1 aromatic rings. The highest BCUT2D eigenvalue weighted by atomic mass is 32.1. The summed E-state index contributed by atoms with van der Waals surface area (Å²) in [6.45, 7) is -0.628. The van der Waals surface area contributed by atoms with Crippen LogP contribution in [0.1, 0.15) is 0 Å². The van der Waals surface area contributed by atoms with E-state index in [1.165, 1.54) is 0 Å². The fourth-order valence-electron chi connectivity index (χ4n) is 0.965. The lowest BCUT2D eigenvalue weighted by Crippen LogP contribution is -2.18. The van der Waals surface area contributed by atoms with Crippen LogP contribution in [-0.4, -0.2) is 18.1 Å². The zero-order valence-corrected chi connectivity index (χ0v) is 8.56. The fraction of sp³-hybridized carbons (Fsp3) is 0.222. The second kappa shape index (κ2) is 5.45. The molecular weight excluding hydrogens is 222 g/mol. The molecule has 0 saturated carbocycles. The van der Waals surface area contributed by atoms with Gasteiger partial charge in [-0.3, -0.25) is 0 Å². The molecule has 15 heavy (non-hydrogen) atoms. The summed E-state index contributed by atoms with van der Waals surface area (Å²) in [6, 6.07) is 6.48. The summed E-state index contributed by atoms with van der Waals surface area (Å²) in [6.07, 6.45) is -2.49. The van der Waals surface area contributed by atoms with Gasteiger partial charge in [-0.2, -0.15) is 0 Å². The van der Waals surface area contributed by atoms with E-state index in [1.807, 2.05) is 0 Å². The van der Waals surface area contributed by atoms with Crippen LogP contribution in [0, 0.1) is 0 Å². The van der Waals surface area contributed by atoms with Crippen molar-refractivity contribution < 1.29 is 13.5 Å². The standard InChI is InChI=1S/C9H10F2N2OS/c10-8(11)5-14-7-3-1-2-6(4-7)13-9(12)15/h1-4,8H,5H2,(H3,12,13,15). The Labute approximate surface area is 91.2 Å². The number of nitrogens with two attached hydrogens (primary N) is 1. The van der Waals surface area contributed by atoms with Crippen LogP contribution in [0.2, 0.25) is 0 Å². The normalized spacial score (nSPS) is 10.1. The molecule has 0 saturated heterocycles. The molecule has 0 atom stereocenters. The quantitative estimate of drug-likeness (QED) is 0.779. The number of rotatable bonds is 4. The van der Waals surface area contributed by atoms with Gasteiger partial charge < -0.3 is 15.8 Å². The minimum atomic E-state index is -2.49. The average Bonchev–Trinajstić information content (AvgIpc) is 2.14. The number of benzene rings is 1. The van der Waals surface area contributed by atoms with Crippen molar-refractivity contribution in [3.8, 4) is 5.75 Å². The van der Waals surface area contributed by atoms with Crippen LogP contribution in [0.3, 0.4) is 0 Å². The lowest BCUT2D eigenvalue weighted by atomic mass is 10.3.